The Balaban J connectivity index is 1.41. The van der Waals surface area contributed by atoms with Crippen molar-refractivity contribution in [2.45, 2.75) is 6.18 Å². The molecule has 0 radical (unpaired) electrons. The van der Waals surface area contributed by atoms with E-state index in [0.29, 0.717) is 11.8 Å². The molecule has 0 aliphatic heterocycles. The van der Waals surface area contributed by atoms with Crippen LogP contribution in [0.4, 0.5) is 18.9 Å². The average Bonchev–Trinajstić information content (AvgIpc) is 3.45. The molecule has 0 unspecified atom stereocenters. The number of anilines is 1. The highest BCUT2D eigenvalue weighted by Gasteiger charge is 2.31. The molecule has 0 spiro atoms. The quantitative estimate of drug-likeness (QED) is 0.122. The lowest BCUT2D eigenvalue weighted by Crippen LogP contribution is -2.18. The maximum atomic E-state index is 13.0. The first-order valence-electron chi connectivity index (χ1n) is 11.1. The van der Waals surface area contributed by atoms with Gasteiger partial charge in [-0.05, 0) is 72.8 Å². The van der Waals surface area contributed by atoms with Gasteiger partial charge in [0.25, 0.3) is 11.8 Å². The summed E-state index contributed by atoms with van der Waals surface area (Å²) in [6, 6.07) is 17.0. The summed E-state index contributed by atoms with van der Waals surface area (Å²) in [7, 11) is 0. The number of furan rings is 1. The maximum absolute atomic E-state index is 13.0. The van der Waals surface area contributed by atoms with Gasteiger partial charge in [0.05, 0.1) is 23.6 Å². The van der Waals surface area contributed by atoms with Crippen LogP contribution in [0.25, 0.3) is 0 Å². The Morgan fingerprint density at radius 2 is 1.67 bits per heavy atom. The van der Waals surface area contributed by atoms with Gasteiger partial charge in [-0.15, -0.1) is 0 Å². The molecule has 0 fully saturated rings. The van der Waals surface area contributed by atoms with Gasteiger partial charge in [0, 0.05) is 21.8 Å². The zero-order valence-electron chi connectivity index (χ0n) is 19.7. The number of rotatable bonds is 7. The van der Waals surface area contributed by atoms with Crippen molar-refractivity contribution in [3.63, 3.8) is 0 Å². The number of carbonyl (C=O) groups excluding carboxylic acids is 3. The van der Waals surface area contributed by atoms with Crippen LogP contribution in [0, 0.1) is 0 Å². The van der Waals surface area contributed by atoms with Crippen LogP contribution in [-0.2, 0) is 6.18 Å². The summed E-state index contributed by atoms with van der Waals surface area (Å²) >= 11 is 6.01. The highest BCUT2D eigenvalue weighted by atomic mass is 35.5. The minimum absolute atomic E-state index is 0.0449. The molecule has 4 aromatic rings. The lowest BCUT2D eigenvalue weighted by molar-refractivity contribution is -0.137. The topological polar surface area (TPSA) is 110 Å². The van der Waals surface area contributed by atoms with Crippen molar-refractivity contribution in [3.05, 3.63) is 118 Å². The van der Waals surface area contributed by atoms with Crippen LogP contribution < -0.4 is 15.5 Å². The molecule has 198 valence electrons. The molecule has 0 saturated carbocycles. The summed E-state index contributed by atoms with van der Waals surface area (Å²) in [5.74, 6) is -1.97. The second-order valence-corrected chi connectivity index (χ2v) is 8.29. The molecule has 8 nitrogen and oxygen atoms in total. The number of ether oxygens (including phenoxy) is 1. The molecule has 0 bridgehead atoms. The molecule has 1 heterocycles. The number of nitrogens with zero attached hydrogens (tertiary/aromatic N) is 1. The van der Waals surface area contributed by atoms with E-state index in [1.807, 2.05) is 0 Å². The lowest BCUT2D eigenvalue weighted by atomic mass is 10.1. The number of benzene rings is 3. The number of halogens is 4. The second kappa shape index (κ2) is 11.7. The second-order valence-electron chi connectivity index (χ2n) is 7.86. The van der Waals surface area contributed by atoms with Crippen molar-refractivity contribution < 1.29 is 36.7 Å². The summed E-state index contributed by atoms with van der Waals surface area (Å²) in [6.07, 6.45) is -2.09. The molecule has 0 aliphatic rings. The Bertz CT molecular complexity index is 1540. The van der Waals surface area contributed by atoms with Crippen molar-refractivity contribution >= 4 is 41.3 Å². The van der Waals surface area contributed by atoms with E-state index >= 15 is 0 Å². The van der Waals surface area contributed by atoms with Crippen LogP contribution in [0.2, 0.25) is 5.02 Å². The molecular formula is C27H17ClF3N3O5. The largest absolute Gasteiger partial charge is 0.459 e. The van der Waals surface area contributed by atoms with E-state index in [1.54, 1.807) is 6.07 Å². The smallest absolute Gasteiger partial charge is 0.416 e. The molecule has 3 aromatic carbocycles. The van der Waals surface area contributed by atoms with E-state index in [4.69, 9.17) is 20.8 Å². The van der Waals surface area contributed by atoms with Gasteiger partial charge in [0.15, 0.2) is 5.76 Å². The monoisotopic (exact) mass is 555 g/mol. The predicted octanol–water partition coefficient (Wildman–Crippen LogP) is 6.19. The van der Waals surface area contributed by atoms with Crippen LogP contribution in [0.3, 0.4) is 0 Å². The fourth-order valence-electron chi connectivity index (χ4n) is 3.22. The van der Waals surface area contributed by atoms with E-state index in [9.17, 15) is 27.6 Å². The molecule has 12 heteroatoms. The van der Waals surface area contributed by atoms with Crippen LogP contribution in [0.1, 0.15) is 42.4 Å². The molecule has 0 aliphatic carbocycles. The third kappa shape index (κ3) is 7.11. The van der Waals surface area contributed by atoms with Crippen LogP contribution in [0.5, 0.6) is 5.75 Å². The highest BCUT2D eigenvalue weighted by Crippen LogP contribution is 2.30. The highest BCUT2D eigenvalue weighted by molar-refractivity contribution is 6.31. The van der Waals surface area contributed by atoms with Crippen molar-refractivity contribution in [2.24, 2.45) is 5.10 Å². The molecule has 4 rings (SSSR count). The van der Waals surface area contributed by atoms with Gasteiger partial charge >= 0.3 is 12.1 Å². The zero-order valence-corrected chi connectivity index (χ0v) is 20.4. The minimum Gasteiger partial charge on any atom is -0.459 e. The van der Waals surface area contributed by atoms with Crippen LogP contribution in [-0.4, -0.2) is 24.0 Å². The number of esters is 1. The SMILES string of the molecule is O=C(N/N=C/c1cc(Cl)ccc1OC(=O)c1cccc(C(F)(F)F)c1)c1ccc(NC(=O)c2ccco2)cc1. The molecule has 2 N–H and O–H groups in total. The van der Waals surface area contributed by atoms with E-state index in [0.717, 1.165) is 18.3 Å². The third-order valence-electron chi connectivity index (χ3n) is 5.12. The molecular weight excluding hydrogens is 539 g/mol. The van der Waals surface area contributed by atoms with Gasteiger partial charge in [0.2, 0.25) is 0 Å². The van der Waals surface area contributed by atoms with Gasteiger partial charge < -0.3 is 14.5 Å². The zero-order chi connectivity index (χ0) is 28.0. The minimum atomic E-state index is -4.62. The summed E-state index contributed by atoms with van der Waals surface area (Å²) in [6.45, 7) is 0. The molecule has 0 atom stereocenters. The molecule has 2 amide bonds. The first kappa shape index (κ1) is 27.1. The van der Waals surface area contributed by atoms with Crippen molar-refractivity contribution in [1.29, 1.82) is 0 Å². The number of alkyl halides is 3. The van der Waals surface area contributed by atoms with Crippen molar-refractivity contribution in [1.82, 2.24) is 5.43 Å². The third-order valence-corrected chi connectivity index (χ3v) is 5.35. The van der Waals surface area contributed by atoms with Crippen molar-refractivity contribution in [3.8, 4) is 5.75 Å². The van der Waals surface area contributed by atoms with Gasteiger partial charge in [-0.3, -0.25) is 9.59 Å². The van der Waals surface area contributed by atoms with Crippen LogP contribution in [0.15, 0.2) is 94.6 Å². The summed E-state index contributed by atoms with van der Waals surface area (Å²) < 4.78 is 49.2. The Morgan fingerprint density at radius 3 is 2.36 bits per heavy atom. The number of carbonyl (C=O) groups is 3. The maximum Gasteiger partial charge on any atom is 0.416 e. The first-order chi connectivity index (χ1) is 18.6. The summed E-state index contributed by atoms with van der Waals surface area (Å²) in [5, 5.41) is 6.72. The summed E-state index contributed by atoms with van der Waals surface area (Å²) in [4.78, 5) is 37.0. The fourth-order valence-corrected chi connectivity index (χ4v) is 3.41. The Kier molecular flexibility index (Phi) is 8.11. The Morgan fingerprint density at radius 1 is 0.897 bits per heavy atom. The van der Waals surface area contributed by atoms with E-state index in [1.165, 1.54) is 60.9 Å². The van der Waals surface area contributed by atoms with E-state index < -0.39 is 29.5 Å². The van der Waals surface area contributed by atoms with Crippen molar-refractivity contribution in [2.75, 3.05) is 5.32 Å². The lowest BCUT2D eigenvalue weighted by Gasteiger charge is -2.10. The number of hydrazone groups is 1. The molecule has 1 aromatic heterocycles. The van der Waals surface area contributed by atoms with Gasteiger partial charge in [0.1, 0.15) is 5.75 Å². The first-order valence-corrected chi connectivity index (χ1v) is 11.5. The standard InChI is InChI=1S/C27H17ClF3N3O5/c28-20-8-11-22(39-26(37)17-3-1-4-19(13-17)27(29,30)31)18(14-20)15-32-34-24(35)16-6-9-21(10-7-16)33-25(36)23-5-2-12-38-23/h1-15H,(H,33,36)(H,34,35)/b32-15+. The Labute approximate surface area is 224 Å². The number of hydrogen-bond acceptors (Lipinski definition) is 6. The normalized spacial score (nSPS) is 11.3. The predicted molar refractivity (Wildman–Crippen MR) is 136 cm³/mol. The summed E-state index contributed by atoms with van der Waals surface area (Å²) in [5.41, 5.74) is 1.84. The molecule has 0 saturated heterocycles. The Hall–Kier alpha value is -4.90. The van der Waals surface area contributed by atoms with Gasteiger partial charge in [-0.2, -0.15) is 18.3 Å². The van der Waals surface area contributed by atoms with E-state index in [-0.39, 0.29) is 33.2 Å². The van der Waals surface area contributed by atoms with Gasteiger partial charge in [-0.1, -0.05) is 17.7 Å². The fraction of sp³-hybridized carbons (Fsp3) is 0.0370. The number of nitrogens with one attached hydrogen (secondary N) is 2. The number of hydrogen-bond donors (Lipinski definition) is 2. The molecule has 39 heavy (non-hydrogen) atoms. The van der Waals surface area contributed by atoms with Gasteiger partial charge in [-0.25, -0.2) is 10.2 Å². The number of amides is 2. The van der Waals surface area contributed by atoms with E-state index in [2.05, 4.69) is 15.8 Å². The van der Waals surface area contributed by atoms with Crippen LogP contribution >= 0.6 is 11.6 Å². The average molecular weight is 556 g/mol.